The molecule has 2 nitrogen and oxygen atoms in total. The third-order valence-corrected chi connectivity index (χ3v) is 8.95. The van der Waals surface area contributed by atoms with Crippen LogP contribution in [0.15, 0.2) is 36.4 Å². The normalized spacial score (nSPS) is 11.2. The minimum absolute atomic E-state index is 0.140. The van der Waals surface area contributed by atoms with E-state index >= 15 is 0 Å². The van der Waals surface area contributed by atoms with Crippen LogP contribution in [0, 0.1) is 0 Å². The number of aryl methyl sites for hydroxylation is 2. The molecule has 2 aromatic heterocycles. The van der Waals surface area contributed by atoms with Gasteiger partial charge in [0.15, 0.2) is 11.6 Å². The van der Waals surface area contributed by atoms with E-state index in [1.807, 2.05) is 0 Å². The van der Waals surface area contributed by atoms with E-state index in [9.17, 15) is 9.59 Å². The van der Waals surface area contributed by atoms with Crippen LogP contribution in [0.3, 0.4) is 0 Å². The third-order valence-electron chi connectivity index (χ3n) is 6.30. The molecule has 0 unspecified atom stereocenters. The summed E-state index contributed by atoms with van der Waals surface area (Å²) < 4.78 is 0. The summed E-state index contributed by atoms with van der Waals surface area (Å²) in [6, 6.07) is 12.9. The number of carbonyl (C=O) groups excluding carboxylic acids is 2. The van der Waals surface area contributed by atoms with Gasteiger partial charge in [0.2, 0.25) is 0 Å². The highest BCUT2D eigenvalue weighted by molar-refractivity contribution is 7.18. The molecular formula is C30H38O2S2. The fraction of sp³-hybridized carbons (Fsp3) is 0.467. The van der Waals surface area contributed by atoms with Gasteiger partial charge in [-0.1, -0.05) is 70.6 Å². The van der Waals surface area contributed by atoms with Gasteiger partial charge in [-0.05, 0) is 80.0 Å². The molecule has 0 aliphatic carbocycles. The van der Waals surface area contributed by atoms with Crippen molar-refractivity contribution in [3.05, 3.63) is 57.3 Å². The van der Waals surface area contributed by atoms with Crippen molar-refractivity contribution in [1.82, 2.24) is 0 Å². The zero-order valence-corrected chi connectivity index (χ0v) is 22.8. The van der Waals surface area contributed by atoms with Gasteiger partial charge in [-0.15, -0.1) is 22.7 Å². The second kappa shape index (κ2) is 13.2. The predicted molar refractivity (Wildman–Crippen MR) is 149 cm³/mol. The molecule has 3 aromatic rings. The predicted octanol–water partition coefficient (Wildman–Crippen LogP) is 9.79. The minimum atomic E-state index is 0.140. The quantitative estimate of drug-likeness (QED) is 0.165. The van der Waals surface area contributed by atoms with E-state index in [1.165, 1.54) is 70.5 Å². The Balaban J connectivity index is 1.94. The lowest BCUT2D eigenvalue weighted by atomic mass is 9.99. The first-order chi connectivity index (χ1) is 16.4. The van der Waals surface area contributed by atoms with Gasteiger partial charge in [-0.3, -0.25) is 9.59 Å². The lowest BCUT2D eigenvalue weighted by Gasteiger charge is -2.08. The van der Waals surface area contributed by atoms with E-state index in [-0.39, 0.29) is 11.6 Å². The number of hydrogen-bond acceptors (Lipinski definition) is 4. The molecule has 0 aliphatic rings. The van der Waals surface area contributed by atoms with Crippen LogP contribution in [0.4, 0.5) is 0 Å². The molecule has 0 spiro atoms. The highest BCUT2D eigenvalue weighted by Gasteiger charge is 2.17. The molecule has 2 heterocycles. The molecule has 0 radical (unpaired) electrons. The van der Waals surface area contributed by atoms with Gasteiger partial charge >= 0.3 is 0 Å². The van der Waals surface area contributed by atoms with Gasteiger partial charge in [-0.2, -0.15) is 0 Å². The smallest absolute Gasteiger partial charge is 0.169 e. The van der Waals surface area contributed by atoms with Crippen LogP contribution in [0.2, 0.25) is 0 Å². The van der Waals surface area contributed by atoms with Crippen LogP contribution in [0.25, 0.3) is 20.9 Å². The van der Waals surface area contributed by atoms with Crippen molar-refractivity contribution in [2.24, 2.45) is 0 Å². The summed E-state index contributed by atoms with van der Waals surface area (Å²) in [4.78, 5) is 28.4. The zero-order chi connectivity index (χ0) is 24.5. The third kappa shape index (κ3) is 6.99. The van der Waals surface area contributed by atoms with E-state index in [1.54, 1.807) is 36.5 Å². The molecule has 0 bridgehead atoms. The number of unbranched alkanes of at least 4 members (excludes halogenated alkanes) is 6. The average Bonchev–Trinajstić information content (AvgIpc) is 3.45. The number of rotatable bonds is 14. The number of carbonyl (C=O) groups is 2. The van der Waals surface area contributed by atoms with E-state index in [4.69, 9.17) is 0 Å². The van der Waals surface area contributed by atoms with E-state index in [0.29, 0.717) is 0 Å². The molecule has 34 heavy (non-hydrogen) atoms. The topological polar surface area (TPSA) is 34.1 Å². The summed E-state index contributed by atoms with van der Waals surface area (Å²) in [5.74, 6) is 0.280. The number of Topliss-reactive ketones (excluding diaryl/α,β-unsaturated/α-hetero) is 2. The van der Waals surface area contributed by atoms with Crippen molar-refractivity contribution in [2.75, 3.05) is 0 Å². The SMILES string of the molecule is CCCCCCc1cc(C(C)=O)sc1-c1cccc(-c2sc(C(C)=O)cc2CCCCCC)c1. The number of benzene rings is 1. The molecule has 0 saturated carbocycles. The maximum absolute atomic E-state index is 12.1. The molecule has 182 valence electrons. The minimum Gasteiger partial charge on any atom is -0.294 e. The lowest BCUT2D eigenvalue weighted by Crippen LogP contribution is -1.89. The van der Waals surface area contributed by atoms with Gasteiger partial charge in [0.25, 0.3) is 0 Å². The number of thiophene rings is 2. The Kier molecular flexibility index (Phi) is 10.3. The first-order valence-electron chi connectivity index (χ1n) is 12.8. The largest absolute Gasteiger partial charge is 0.294 e. The maximum Gasteiger partial charge on any atom is 0.169 e. The van der Waals surface area contributed by atoms with E-state index in [2.05, 4.69) is 50.2 Å². The van der Waals surface area contributed by atoms with Crippen LogP contribution in [0.1, 0.15) is 110 Å². The Morgan fingerprint density at radius 3 is 1.47 bits per heavy atom. The van der Waals surface area contributed by atoms with Crippen molar-refractivity contribution >= 4 is 34.2 Å². The van der Waals surface area contributed by atoms with Gasteiger partial charge in [0.1, 0.15) is 0 Å². The van der Waals surface area contributed by atoms with Crippen LogP contribution in [-0.2, 0) is 12.8 Å². The molecule has 3 rings (SSSR count). The Morgan fingerprint density at radius 2 is 1.09 bits per heavy atom. The van der Waals surface area contributed by atoms with Crippen molar-refractivity contribution in [3.8, 4) is 20.9 Å². The molecule has 0 N–H and O–H groups in total. The fourth-order valence-electron chi connectivity index (χ4n) is 4.35. The molecule has 0 saturated heterocycles. The molecule has 0 amide bonds. The number of ketones is 2. The van der Waals surface area contributed by atoms with E-state index in [0.717, 1.165) is 35.4 Å². The molecule has 0 atom stereocenters. The Bertz CT molecular complexity index is 1020. The summed E-state index contributed by atoms with van der Waals surface area (Å²) in [6.07, 6.45) is 11.8. The van der Waals surface area contributed by atoms with Crippen LogP contribution < -0.4 is 0 Å². The van der Waals surface area contributed by atoms with Crippen molar-refractivity contribution in [1.29, 1.82) is 0 Å². The summed E-state index contributed by atoms with van der Waals surface area (Å²) in [5.41, 5.74) is 4.93. The highest BCUT2D eigenvalue weighted by atomic mass is 32.1. The van der Waals surface area contributed by atoms with Gasteiger partial charge < -0.3 is 0 Å². The van der Waals surface area contributed by atoms with Crippen molar-refractivity contribution < 1.29 is 9.59 Å². The summed E-state index contributed by atoms with van der Waals surface area (Å²) in [5, 5.41) is 0. The van der Waals surface area contributed by atoms with Gasteiger partial charge in [-0.25, -0.2) is 0 Å². The Labute approximate surface area is 213 Å². The van der Waals surface area contributed by atoms with Crippen LogP contribution >= 0.6 is 22.7 Å². The fourth-order valence-corrected chi connectivity index (χ4v) is 6.55. The monoisotopic (exact) mass is 494 g/mol. The highest BCUT2D eigenvalue weighted by Crippen LogP contribution is 2.39. The average molecular weight is 495 g/mol. The Hall–Kier alpha value is -2.04. The number of hydrogen-bond donors (Lipinski definition) is 0. The van der Waals surface area contributed by atoms with Gasteiger partial charge in [0, 0.05) is 9.75 Å². The summed E-state index contributed by atoms with van der Waals surface area (Å²) >= 11 is 3.24. The summed E-state index contributed by atoms with van der Waals surface area (Å²) in [6.45, 7) is 7.78. The van der Waals surface area contributed by atoms with E-state index < -0.39 is 0 Å². The first kappa shape index (κ1) is 26.6. The van der Waals surface area contributed by atoms with Crippen molar-refractivity contribution in [3.63, 3.8) is 0 Å². The van der Waals surface area contributed by atoms with Crippen LogP contribution in [0.5, 0.6) is 0 Å². The molecule has 4 heteroatoms. The first-order valence-corrected chi connectivity index (χ1v) is 14.5. The van der Waals surface area contributed by atoms with Crippen LogP contribution in [-0.4, -0.2) is 11.6 Å². The molecule has 0 aliphatic heterocycles. The summed E-state index contributed by atoms with van der Waals surface area (Å²) in [7, 11) is 0. The zero-order valence-electron chi connectivity index (χ0n) is 21.2. The Morgan fingerprint density at radius 1 is 0.647 bits per heavy atom. The van der Waals surface area contributed by atoms with Crippen molar-refractivity contribution in [2.45, 2.75) is 91.9 Å². The molecular weight excluding hydrogens is 456 g/mol. The maximum atomic E-state index is 12.1. The lowest BCUT2D eigenvalue weighted by molar-refractivity contribution is 0.101. The molecule has 1 aromatic carbocycles. The standard InChI is InChI=1S/C30H38O2S2/c1-5-7-9-11-14-25-19-27(21(3)31)33-29(25)23-16-13-17-24(18-23)30-26(15-12-10-8-6-2)20-28(34-30)22(4)32/h13,16-20H,5-12,14-15H2,1-4H3. The second-order valence-electron chi connectivity index (χ2n) is 9.24. The van der Waals surface area contributed by atoms with Gasteiger partial charge in [0.05, 0.1) is 9.75 Å². The molecule has 0 fully saturated rings. The second-order valence-corrected chi connectivity index (χ2v) is 11.3.